The van der Waals surface area contributed by atoms with Crippen LogP contribution in [0.4, 0.5) is 0 Å². The van der Waals surface area contributed by atoms with Crippen LogP contribution < -0.4 is 0 Å². The predicted molar refractivity (Wildman–Crippen MR) is 184 cm³/mol. The first-order chi connectivity index (χ1) is 20.7. The molecule has 0 aliphatic carbocycles. The lowest BCUT2D eigenvalue weighted by molar-refractivity contribution is 1.40. The van der Waals surface area contributed by atoms with Crippen molar-refractivity contribution in [3.63, 3.8) is 0 Å². The SMILES string of the molecule is C=C/C=N\C=C\c1c(C)c(/C=C\C)c(-c2nc3c4ccccc4ccc3c3c2ccc2ccccc23)c2ccccc12. The van der Waals surface area contributed by atoms with Gasteiger partial charge in [0.25, 0.3) is 0 Å². The molecule has 200 valence electrons. The lowest BCUT2D eigenvalue weighted by Crippen LogP contribution is -1.99. The van der Waals surface area contributed by atoms with Gasteiger partial charge in [-0.3, -0.25) is 4.99 Å². The van der Waals surface area contributed by atoms with Crippen molar-refractivity contribution in [2.45, 2.75) is 13.8 Å². The topological polar surface area (TPSA) is 25.2 Å². The average molecular weight is 539 g/mol. The molecule has 0 saturated heterocycles. The number of aromatic nitrogens is 1. The van der Waals surface area contributed by atoms with Gasteiger partial charge in [-0.05, 0) is 63.5 Å². The molecule has 0 aliphatic heterocycles. The van der Waals surface area contributed by atoms with Gasteiger partial charge in [0.15, 0.2) is 0 Å². The minimum absolute atomic E-state index is 1.01. The van der Waals surface area contributed by atoms with E-state index in [1.165, 1.54) is 54.2 Å². The van der Waals surface area contributed by atoms with E-state index < -0.39 is 0 Å². The summed E-state index contributed by atoms with van der Waals surface area (Å²) in [6.07, 6.45) is 11.7. The van der Waals surface area contributed by atoms with Gasteiger partial charge >= 0.3 is 0 Å². The number of hydrogen-bond acceptors (Lipinski definition) is 2. The van der Waals surface area contributed by atoms with E-state index in [0.29, 0.717) is 0 Å². The molecule has 7 aromatic rings. The van der Waals surface area contributed by atoms with Gasteiger partial charge in [0.1, 0.15) is 0 Å². The van der Waals surface area contributed by atoms with Crippen molar-refractivity contribution in [1.29, 1.82) is 0 Å². The van der Waals surface area contributed by atoms with E-state index in [9.17, 15) is 0 Å². The maximum Gasteiger partial charge on any atom is 0.0800 e. The van der Waals surface area contributed by atoms with Crippen molar-refractivity contribution in [2.24, 2.45) is 4.99 Å². The van der Waals surface area contributed by atoms with Gasteiger partial charge in [-0.15, -0.1) is 0 Å². The zero-order chi connectivity index (χ0) is 28.6. The Hall–Kier alpha value is -5.34. The Morgan fingerprint density at radius 2 is 1.29 bits per heavy atom. The summed E-state index contributed by atoms with van der Waals surface area (Å²) in [7, 11) is 0. The standard InChI is InChI=1S/C40H30N2/c1-4-12-30-26(3)29(23-25-41-24-5-2)33-17-10-11-18-34(33)38(30)40-36-22-19-27-13-6-8-15-31(27)37(36)35-21-20-28-14-7-9-16-32(28)39(35)42-40/h4-25H,2H2,1,3H3/b12-4-,25-23+,41-24-. The van der Waals surface area contributed by atoms with Crippen LogP contribution in [0.5, 0.6) is 0 Å². The second kappa shape index (κ2) is 10.6. The monoisotopic (exact) mass is 538 g/mol. The van der Waals surface area contributed by atoms with Crippen LogP contribution in [0.15, 0.2) is 127 Å². The van der Waals surface area contributed by atoms with Gasteiger partial charge in [-0.2, -0.15) is 0 Å². The van der Waals surface area contributed by atoms with Crippen molar-refractivity contribution < 1.29 is 0 Å². The Morgan fingerprint density at radius 1 is 0.643 bits per heavy atom. The fourth-order valence-corrected chi connectivity index (χ4v) is 6.39. The van der Waals surface area contributed by atoms with Gasteiger partial charge < -0.3 is 0 Å². The number of aliphatic imine (C=N–C) groups is 1. The van der Waals surface area contributed by atoms with Crippen LogP contribution in [0.25, 0.3) is 77.4 Å². The number of benzene rings is 6. The second-order valence-electron chi connectivity index (χ2n) is 10.6. The zero-order valence-corrected chi connectivity index (χ0v) is 23.8. The number of allylic oxidation sites excluding steroid dienone is 2. The van der Waals surface area contributed by atoms with Crippen LogP contribution in [0.3, 0.4) is 0 Å². The smallest absolute Gasteiger partial charge is 0.0800 e. The van der Waals surface area contributed by atoms with Gasteiger partial charge in [0, 0.05) is 39.5 Å². The summed E-state index contributed by atoms with van der Waals surface area (Å²) in [5, 5.41) is 10.8. The summed E-state index contributed by atoms with van der Waals surface area (Å²) in [5.41, 5.74) is 6.72. The zero-order valence-electron chi connectivity index (χ0n) is 23.8. The molecule has 0 radical (unpaired) electrons. The maximum absolute atomic E-state index is 5.57. The minimum atomic E-state index is 1.01. The first-order valence-electron chi connectivity index (χ1n) is 14.3. The highest BCUT2D eigenvalue weighted by Gasteiger charge is 2.21. The van der Waals surface area contributed by atoms with E-state index in [-0.39, 0.29) is 0 Å². The van der Waals surface area contributed by atoms with E-state index in [1.54, 1.807) is 12.3 Å². The summed E-state index contributed by atoms with van der Waals surface area (Å²) in [4.78, 5) is 9.94. The van der Waals surface area contributed by atoms with Crippen LogP contribution in [0.2, 0.25) is 0 Å². The second-order valence-corrected chi connectivity index (χ2v) is 10.6. The molecule has 2 nitrogen and oxygen atoms in total. The highest BCUT2D eigenvalue weighted by Crippen LogP contribution is 2.44. The molecule has 0 atom stereocenters. The number of nitrogens with zero attached hydrogens (tertiary/aromatic N) is 2. The summed E-state index contributed by atoms with van der Waals surface area (Å²) < 4.78 is 0. The summed E-state index contributed by atoms with van der Waals surface area (Å²) in [6.45, 7) is 8.02. The molecule has 0 unspecified atom stereocenters. The Balaban J connectivity index is 1.71. The van der Waals surface area contributed by atoms with Crippen molar-refractivity contribution in [1.82, 2.24) is 4.98 Å². The van der Waals surface area contributed by atoms with Crippen LogP contribution in [-0.2, 0) is 0 Å². The summed E-state index contributed by atoms with van der Waals surface area (Å²) >= 11 is 0. The van der Waals surface area contributed by atoms with E-state index >= 15 is 0 Å². The predicted octanol–water partition coefficient (Wildman–Crippen LogP) is 11.1. The molecule has 7 rings (SSSR count). The van der Waals surface area contributed by atoms with Crippen LogP contribution in [0, 0.1) is 6.92 Å². The molecule has 6 aromatic carbocycles. The number of pyridine rings is 1. The lowest BCUT2D eigenvalue weighted by atomic mass is 9.85. The Labute approximate surface area is 245 Å². The molecule has 0 N–H and O–H groups in total. The first kappa shape index (κ1) is 25.6. The van der Waals surface area contributed by atoms with Crippen molar-refractivity contribution in [3.05, 3.63) is 139 Å². The fraction of sp³-hybridized carbons (Fsp3) is 0.0500. The molecule has 0 fully saturated rings. The number of rotatable bonds is 5. The normalized spacial score (nSPS) is 12.3. The van der Waals surface area contributed by atoms with Crippen LogP contribution >= 0.6 is 0 Å². The van der Waals surface area contributed by atoms with Gasteiger partial charge in [0.05, 0.1) is 11.2 Å². The maximum atomic E-state index is 5.57. The Bertz CT molecular complexity index is 2280. The molecule has 0 saturated carbocycles. The third-order valence-electron chi connectivity index (χ3n) is 8.23. The third kappa shape index (κ3) is 4.03. The van der Waals surface area contributed by atoms with E-state index in [0.717, 1.165) is 27.7 Å². The van der Waals surface area contributed by atoms with Crippen LogP contribution in [0.1, 0.15) is 23.6 Å². The molecular weight excluding hydrogens is 508 g/mol. The quantitative estimate of drug-likeness (QED) is 0.158. The van der Waals surface area contributed by atoms with E-state index in [4.69, 9.17) is 4.98 Å². The Morgan fingerprint density at radius 3 is 2.02 bits per heavy atom. The average Bonchev–Trinajstić information content (AvgIpc) is 3.04. The Kier molecular flexibility index (Phi) is 6.45. The molecule has 42 heavy (non-hydrogen) atoms. The molecule has 0 spiro atoms. The molecule has 2 heteroatoms. The summed E-state index contributed by atoms with van der Waals surface area (Å²) in [5.74, 6) is 0. The minimum Gasteiger partial charge on any atom is -0.265 e. The highest BCUT2D eigenvalue weighted by molar-refractivity contribution is 6.27. The van der Waals surface area contributed by atoms with Gasteiger partial charge in [-0.1, -0.05) is 122 Å². The fourth-order valence-electron chi connectivity index (χ4n) is 6.39. The molecular formula is C40H30N2. The molecule has 1 heterocycles. The highest BCUT2D eigenvalue weighted by atomic mass is 14.7. The molecule has 1 aromatic heterocycles. The molecule has 0 aliphatic rings. The molecule has 0 bridgehead atoms. The lowest BCUT2D eigenvalue weighted by Gasteiger charge is -2.20. The van der Waals surface area contributed by atoms with Crippen molar-refractivity contribution >= 4 is 72.4 Å². The van der Waals surface area contributed by atoms with Crippen LogP contribution in [-0.4, -0.2) is 11.2 Å². The van der Waals surface area contributed by atoms with Gasteiger partial charge in [0.2, 0.25) is 0 Å². The van der Waals surface area contributed by atoms with E-state index in [2.05, 4.69) is 141 Å². The summed E-state index contributed by atoms with van der Waals surface area (Å²) in [6, 6.07) is 34.9. The van der Waals surface area contributed by atoms with Gasteiger partial charge in [-0.25, -0.2) is 4.98 Å². The van der Waals surface area contributed by atoms with E-state index in [1.807, 2.05) is 6.20 Å². The third-order valence-corrected chi connectivity index (χ3v) is 8.23. The first-order valence-corrected chi connectivity index (χ1v) is 14.3. The van der Waals surface area contributed by atoms with Crippen molar-refractivity contribution in [2.75, 3.05) is 0 Å². The molecule has 0 amide bonds. The van der Waals surface area contributed by atoms with Crippen molar-refractivity contribution in [3.8, 4) is 11.3 Å². The number of fused-ring (bicyclic) bond motifs is 8. The number of hydrogen-bond donors (Lipinski definition) is 0. The largest absolute Gasteiger partial charge is 0.265 e.